The highest BCUT2D eigenvalue weighted by Crippen LogP contribution is 2.24. The Balaban J connectivity index is 0.00000243. The molecular formula is C20H23ClN2O3. The molecular weight excluding hydrogens is 352 g/mol. The summed E-state index contributed by atoms with van der Waals surface area (Å²) >= 11 is 0. The molecule has 0 atom stereocenters. The molecule has 26 heavy (non-hydrogen) atoms. The van der Waals surface area contributed by atoms with Crippen LogP contribution in [0.3, 0.4) is 0 Å². The van der Waals surface area contributed by atoms with Crippen molar-refractivity contribution in [3.05, 3.63) is 65.4 Å². The number of carbonyl (C=O) groups is 1. The zero-order chi connectivity index (χ0) is 17.6. The van der Waals surface area contributed by atoms with Crippen LogP contribution in [0.4, 0.5) is 0 Å². The van der Waals surface area contributed by atoms with E-state index >= 15 is 0 Å². The summed E-state index contributed by atoms with van der Waals surface area (Å²) in [6, 6.07) is 13.2. The first-order valence-electron chi connectivity index (χ1n) is 8.40. The largest absolute Gasteiger partial charge is 0.489 e. The number of aromatic amines is 1. The minimum atomic E-state index is -0.305. The monoisotopic (exact) mass is 374 g/mol. The maximum Gasteiger partial charge on any atom is 0.338 e. The second-order valence-corrected chi connectivity index (χ2v) is 5.77. The van der Waals surface area contributed by atoms with E-state index in [9.17, 15) is 4.79 Å². The van der Waals surface area contributed by atoms with Gasteiger partial charge in [0, 0.05) is 17.1 Å². The number of aromatic nitrogens is 1. The Morgan fingerprint density at radius 1 is 1.15 bits per heavy atom. The number of esters is 1. The molecule has 1 heterocycles. The fourth-order valence-electron chi connectivity index (χ4n) is 2.73. The maximum atomic E-state index is 11.7. The average molecular weight is 375 g/mol. The Labute approximate surface area is 158 Å². The second-order valence-electron chi connectivity index (χ2n) is 5.77. The lowest BCUT2D eigenvalue weighted by Crippen LogP contribution is -2.04. The van der Waals surface area contributed by atoms with Gasteiger partial charge in [-0.1, -0.05) is 12.1 Å². The molecule has 0 aliphatic rings. The fourth-order valence-corrected chi connectivity index (χ4v) is 2.73. The number of fused-ring (bicyclic) bond motifs is 1. The molecule has 3 aromatic rings. The molecule has 5 nitrogen and oxygen atoms in total. The van der Waals surface area contributed by atoms with Crippen LogP contribution in [0.5, 0.6) is 5.75 Å². The topological polar surface area (TPSA) is 77.3 Å². The molecule has 0 aliphatic carbocycles. The number of carbonyl (C=O) groups excluding carboxylic acids is 1. The van der Waals surface area contributed by atoms with Crippen LogP contribution in [0.2, 0.25) is 0 Å². The molecule has 0 saturated heterocycles. The van der Waals surface area contributed by atoms with Crippen molar-refractivity contribution in [2.24, 2.45) is 5.73 Å². The highest BCUT2D eigenvalue weighted by atomic mass is 35.5. The number of hydrogen-bond acceptors (Lipinski definition) is 4. The van der Waals surface area contributed by atoms with Crippen LogP contribution < -0.4 is 10.5 Å². The number of nitrogens with one attached hydrogen (secondary N) is 1. The highest BCUT2D eigenvalue weighted by Gasteiger charge is 2.07. The molecule has 0 amide bonds. The predicted molar refractivity (Wildman–Crippen MR) is 105 cm³/mol. The van der Waals surface area contributed by atoms with Crippen molar-refractivity contribution in [2.45, 2.75) is 20.0 Å². The molecule has 0 aliphatic heterocycles. The van der Waals surface area contributed by atoms with E-state index in [2.05, 4.69) is 4.98 Å². The van der Waals surface area contributed by atoms with Crippen molar-refractivity contribution in [2.75, 3.05) is 13.2 Å². The molecule has 3 N–H and O–H groups in total. The number of rotatable bonds is 7. The number of H-pyrrole nitrogens is 1. The van der Waals surface area contributed by atoms with Crippen molar-refractivity contribution in [1.29, 1.82) is 0 Å². The molecule has 2 aromatic carbocycles. The van der Waals surface area contributed by atoms with E-state index in [-0.39, 0.29) is 18.4 Å². The van der Waals surface area contributed by atoms with Gasteiger partial charge in [0.05, 0.1) is 12.2 Å². The summed E-state index contributed by atoms with van der Waals surface area (Å²) in [6.07, 6.45) is 2.83. The molecule has 1 aromatic heterocycles. The first-order valence-corrected chi connectivity index (χ1v) is 8.40. The van der Waals surface area contributed by atoms with Gasteiger partial charge in [0.1, 0.15) is 12.4 Å². The zero-order valence-corrected chi connectivity index (χ0v) is 15.5. The number of ether oxygens (including phenoxy) is 2. The second kappa shape index (κ2) is 9.27. The van der Waals surface area contributed by atoms with Gasteiger partial charge in [-0.3, -0.25) is 0 Å². The van der Waals surface area contributed by atoms with Crippen LogP contribution in [-0.4, -0.2) is 24.1 Å². The average Bonchev–Trinajstić information content (AvgIpc) is 3.03. The van der Waals surface area contributed by atoms with E-state index in [0.717, 1.165) is 28.6 Å². The summed E-state index contributed by atoms with van der Waals surface area (Å²) < 4.78 is 10.9. The van der Waals surface area contributed by atoms with E-state index in [1.165, 1.54) is 5.56 Å². The molecule has 0 unspecified atom stereocenters. The SMILES string of the molecule is CCOC(=O)c1ccc(COc2ccc3[nH]cc(CCN)c3c2)cc1.Cl. The Hall–Kier alpha value is -2.50. The Kier molecular flexibility index (Phi) is 7.06. The van der Waals surface area contributed by atoms with Crippen LogP contribution in [0.15, 0.2) is 48.7 Å². The third kappa shape index (κ3) is 4.56. The molecule has 0 fully saturated rings. The summed E-state index contributed by atoms with van der Waals surface area (Å²) in [6.45, 7) is 3.22. The maximum absolute atomic E-state index is 11.7. The first-order chi connectivity index (χ1) is 12.2. The van der Waals surface area contributed by atoms with Crippen LogP contribution in [0, 0.1) is 0 Å². The van der Waals surface area contributed by atoms with E-state index in [1.807, 2.05) is 36.5 Å². The van der Waals surface area contributed by atoms with Crippen molar-refractivity contribution >= 4 is 29.3 Å². The Morgan fingerprint density at radius 2 is 1.92 bits per heavy atom. The fraction of sp³-hybridized carbons (Fsp3) is 0.250. The number of halogens is 1. The summed E-state index contributed by atoms with van der Waals surface area (Å²) in [7, 11) is 0. The summed E-state index contributed by atoms with van der Waals surface area (Å²) in [5.74, 6) is 0.500. The van der Waals surface area contributed by atoms with Gasteiger partial charge in [-0.05, 0) is 61.3 Å². The summed E-state index contributed by atoms with van der Waals surface area (Å²) in [5.41, 5.74) is 9.47. The van der Waals surface area contributed by atoms with Crippen molar-refractivity contribution in [1.82, 2.24) is 4.98 Å². The Bertz CT molecular complexity index is 859. The van der Waals surface area contributed by atoms with Gasteiger partial charge in [-0.2, -0.15) is 0 Å². The third-order valence-electron chi connectivity index (χ3n) is 4.02. The van der Waals surface area contributed by atoms with Crippen molar-refractivity contribution < 1.29 is 14.3 Å². The van der Waals surface area contributed by atoms with Crippen LogP contribution >= 0.6 is 12.4 Å². The number of nitrogens with two attached hydrogens (primary N) is 1. The van der Waals surface area contributed by atoms with Gasteiger partial charge in [-0.25, -0.2) is 4.79 Å². The van der Waals surface area contributed by atoms with E-state index in [1.54, 1.807) is 19.1 Å². The van der Waals surface area contributed by atoms with Crippen LogP contribution in [-0.2, 0) is 17.8 Å². The van der Waals surface area contributed by atoms with E-state index in [4.69, 9.17) is 15.2 Å². The van der Waals surface area contributed by atoms with E-state index < -0.39 is 0 Å². The van der Waals surface area contributed by atoms with Crippen LogP contribution in [0.1, 0.15) is 28.4 Å². The molecule has 6 heteroatoms. The molecule has 0 spiro atoms. The zero-order valence-electron chi connectivity index (χ0n) is 14.7. The minimum Gasteiger partial charge on any atom is -0.489 e. The van der Waals surface area contributed by atoms with Gasteiger partial charge in [0.25, 0.3) is 0 Å². The standard InChI is InChI=1S/C20H22N2O3.ClH/c1-2-24-20(23)15-5-3-14(4-6-15)13-25-17-7-8-19-18(11-17)16(9-10-21)12-22-19;/h3-8,11-12,22H,2,9-10,13,21H2,1H3;1H. The third-order valence-corrected chi connectivity index (χ3v) is 4.02. The highest BCUT2D eigenvalue weighted by molar-refractivity contribution is 5.89. The quantitative estimate of drug-likeness (QED) is 0.616. The van der Waals surface area contributed by atoms with Gasteiger partial charge in [0.2, 0.25) is 0 Å². The van der Waals surface area contributed by atoms with Gasteiger partial charge >= 0.3 is 5.97 Å². The normalized spacial score (nSPS) is 10.4. The Morgan fingerprint density at radius 3 is 2.62 bits per heavy atom. The van der Waals surface area contributed by atoms with Gasteiger partial charge in [0.15, 0.2) is 0 Å². The lowest BCUT2D eigenvalue weighted by Gasteiger charge is -2.08. The molecule has 0 bridgehead atoms. The smallest absolute Gasteiger partial charge is 0.338 e. The molecule has 3 rings (SSSR count). The van der Waals surface area contributed by atoms with Gasteiger partial charge < -0.3 is 20.2 Å². The molecule has 0 saturated carbocycles. The van der Waals surface area contributed by atoms with Crippen molar-refractivity contribution in [3.8, 4) is 5.75 Å². The van der Waals surface area contributed by atoms with E-state index in [0.29, 0.717) is 25.3 Å². The predicted octanol–water partition coefficient (Wildman–Crippen LogP) is 3.85. The van der Waals surface area contributed by atoms with Gasteiger partial charge in [-0.15, -0.1) is 12.4 Å². The lowest BCUT2D eigenvalue weighted by molar-refractivity contribution is 0.0526. The summed E-state index contributed by atoms with van der Waals surface area (Å²) in [4.78, 5) is 14.9. The number of hydrogen-bond donors (Lipinski definition) is 2. The number of benzene rings is 2. The first kappa shape index (κ1) is 19.8. The lowest BCUT2D eigenvalue weighted by atomic mass is 10.1. The summed E-state index contributed by atoms with van der Waals surface area (Å²) in [5, 5.41) is 1.14. The minimum absolute atomic E-state index is 0. The molecule has 138 valence electrons. The molecule has 0 radical (unpaired) electrons. The van der Waals surface area contributed by atoms with Crippen LogP contribution in [0.25, 0.3) is 10.9 Å². The van der Waals surface area contributed by atoms with Crippen molar-refractivity contribution in [3.63, 3.8) is 0 Å².